The molecule has 1 atom stereocenters. The highest BCUT2D eigenvalue weighted by molar-refractivity contribution is 5.92. The van der Waals surface area contributed by atoms with Crippen LogP contribution in [-0.4, -0.2) is 67.3 Å². The Morgan fingerprint density at radius 3 is 2.62 bits per heavy atom. The number of piperazine rings is 1. The molecule has 2 N–H and O–H groups in total. The Morgan fingerprint density at radius 1 is 1.09 bits per heavy atom. The minimum atomic E-state index is -0.281. The van der Waals surface area contributed by atoms with Crippen molar-refractivity contribution in [2.75, 3.05) is 44.2 Å². The van der Waals surface area contributed by atoms with Crippen LogP contribution in [0, 0.1) is 0 Å². The molecule has 2 fully saturated rings. The average molecular weight is 438 g/mol. The summed E-state index contributed by atoms with van der Waals surface area (Å²) >= 11 is 0. The quantitative estimate of drug-likeness (QED) is 0.748. The van der Waals surface area contributed by atoms with Crippen LogP contribution in [0.2, 0.25) is 0 Å². The summed E-state index contributed by atoms with van der Waals surface area (Å²) in [6.07, 6.45) is 1.14. The fourth-order valence-corrected chi connectivity index (χ4v) is 4.27. The maximum Gasteiger partial charge on any atom is 0.409 e. The van der Waals surface area contributed by atoms with Gasteiger partial charge in [0, 0.05) is 44.8 Å². The van der Waals surface area contributed by atoms with Gasteiger partial charge in [0.05, 0.1) is 6.61 Å². The molecule has 0 spiro atoms. The molecule has 4 rings (SSSR count). The Balaban J connectivity index is 1.35. The number of rotatable bonds is 5. The highest BCUT2D eigenvalue weighted by Gasteiger charge is 2.26. The van der Waals surface area contributed by atoms with E-state index in [0.29, 0.717) is 38.2 Å². The average Bonchev–Trinajstić information content (AvgIpc) is 2.85. The van der Waals surface area contributed by atoms with Crippen molar-refractivity contribution in [3.8, 4) is 0 Å². The zero-order chi connectivity index (χ0) is 22.3. The van der Waals surface area contributed by atoms with E-state index in [1.807, 2.05) is 18.2 Å². The van der Waals surface area contributed by atoms with Gasteiger partial charge in [0.2, 0.25) is 0 Å². The highest BCUT2D eigenvalue weighted by atomic mass is 16.6. The molecule has 2 amide bonds. The van der Waals surface area contributed by atoms with Gasteiger partial charge < -0.3 is 25.2 Å². The van der Waals surface area contributed by atoms with Crippen molar-refractivity contribution in [3.05, 3.63) is 59.8 Å². The predicted molar refractivity (Wildman–Crippen MR) is 123 cm³/mol. The van der Waals surface area contributed by atoms with Gasteiger partial charge in [-0.25, -0.2) is 9.78 Å². The zero-order valence-electron chi connectivity index (χ0n) is 18.5. The van der Waals surface area contributed by atoms with E-state index in [-0.39, 0.29) is 24.1 Å². The summed E-state index contributed by atoms with van der Waals surface area (Å²) in [5.74, 6) is 0.647. The maximum atomic E-state index is 12.8. The van der Waals surface area contributed by atoms with E-state index in [2.05, 4.69) is 44.8 Å². The molecule has 1 aromatic carbocycles. The van der Waals surface area contributed by atoms with E-state index < -0.39 is 0 Å². The number of nitrogens with zero attached hydrogens (tertiary/aromatic N) is 3. The Labute approximate surface area is 188 Å². The molecule has 0 unspecified atom stereocenters. The summed E-state index contributed by atoms with van der Waals surface area (Å²) in [4.78, 5) is 33.3. The first-order valence-corrected chi connectivity index (χ1v) is 11.4. The molecule has 170 valence electrons. The number of pyridine rings is 1. The molecule has 8 heteroatoms. The van der Waals surface area contributed by atoms with Crippen molar-refractivity contribution < 1.29 is 14.3 Å². The van der Waals surface area contributed by atoms with Gasteiger partial charge in [-0.3, -0.25) is 4.79 Å². The Kier molecular flexibility index (Phi) is 7.21. The van der Waals surface area contributed by atoms with Crippen molar-refractivity contribution in [3.63, 3.8) is 0 Å². The first-order valence-electron chi connectivity index (χ1n) is 11.4. The Bertz CT molecular complexity index is 915. The molecule has 0 bridgehead atoms. The number of piperidine rings is 1. The summed E-state index contributed by atoms with van der Waals surface area (Å²) < 4.78 is 5.05. The lowest BCUT2D eigenvalue weighted by atomic mass is 10.0. The number of benzene rings is 1. The second-order valence-corrected chi connectivity index (χ2v) is 8.18. The fraction of sp³-hybridized carbons (Fsp3) is 0.458. The summed E-state index contributed by atoms with van der Waals surface area (Å²) in [7, 11) is 0. The second-order valence-electron chi connectivity index (χ2n) is 8.18. The molecular formula is C24H31N5O3. The van der Waals surface area contributed by atoms with E-state index >= 15 is 0 Å². The van der Waals surface area contributed by atoms with E-state index in [1.54, 1.807) is 17.9 Å². The van der Waals surface area contributed by atoms with Crippen molar-refractivity contribution in [1.29, 1.82) is 0 Å². The number of hydrogen-bond acceptors (Lipinski definition) is 6. The number of likely N-dealkylation sites (tertiary alicyclic amines) is 1. The van der Waals surface area contributed by atoms with E-state index in [4.69, 9.17) is 4.74 Å². The number of hydrogen-bond donors (Lipinski definition) is 2. The van der Waals surface area contributed by atoms with Gasteiger partial charge in [0.25, 0.3) is 5.91 Å². The van der Waals surface area contributed by atoms with Crippen LogP contribution in [0.5, 0.6) is 0 Å². The van der Waals surface area contributed by atoms with Gasteiger partial charge in [-0.05, 0) is 37.5 Å². The Hall–Kier alpha value is -3.13. The van der Waals surface area contributed by atoms with E-state index in [0.717, 1.165) is 25.5 Å². The van der Waals surface area contributed by atoms with Gasteiger partial charge >= 0.3 is 6.09 Å². The summed E-state index contributed by atoms with van der Waals surface area (Å²) in [6, 6.07) is 16.2. The van der Waals surface area contributed by atoms with Gasteiger partial charge in [-0.1, -0.05) is 36.4 Å². The predicted octanol–water partition coefficient (Wildman–Crippen LogP) is 2.58. The fourth-order valence-electron chi connectivity index (χ4n) is 4.27. The SMILES string of the molecule is CCOC(=O)N1CCC(NC(=O)c2cccc(N3CCN[C@H](c4ccccc4)C3)n2)CC1. The number of carbonyl (C=O) groups is 2. The van der Waals surface area contributed by atoms with Crippen LogP contribution in [0.4, 0.5) is 10.6 Å². The molecule has 8 nitrogen and oxygen atoms in total. The number of carbonyl (C=O) groups excluding carboxylic acids is 2. The minimum Gasteiger partial charge on any atom is -0.450 e. The molecule has 32 heavy (non-hydrogen) atoms. The number of amides is 2. The van der Waals surface area contributed by atoms with Gasteiger partial charge in [0.15, 0.2) is 0 Å². The van der Waals surface area contributed by atoms with E-state index in [1.165, 1.54) is 5.56 Å². The highest BCUT2D eigenvalue weighted by Crippen LogP contribution is 2.21. The topological polar surface area (TPSA) is 86.8 Å². The normalized spacial score (nSPS) is 19.5. The van der Waals surface area contributed by atoms with Gasteiger partial charge in [-0.2, -0.15) is 0 Å². The van der Waals surface area contributed by atoms with Gasteiger partial charge in [0.1, 0.15) is 11.5 Å². The third-order valence-electron chi connectivity index (χ3n) is 6.02. The molecule has 0 saturated carbocycles. The number of anilines is 1. The van der Waals surface area contributed by atoms with Crippen LogP contribution >= 0.6 is 0 Å². The van der Waals surface area contributed by atoms with Crippen LogP contribution in [0.3, 0.4) is 0 Å². The summed E-state index contributed by atoms with van der Waals surface area (Å²) in [5.41, 5.74) is 1.67. The molecule has 2 aromatic rings. The first kappa shape index (κ1) is 22.1. The first-order chi connectivity index (χ1) is 15.6. The lowest BCUT2D eigenvalue weighted by molar-refractivity contribution is 0.0856. The third kappa shape index (κ3) is 5.37. The van der Waals surface area contributed by atoms with Crippen molar-refractivity contribution >= 4 is 17.8 Å². The molecule has 2 aliphatic heterocycles. The number of ether oxygens (including phenoxy) is 1. The minimum absolute atomic E-state index is 0.0280. The van der Waals surface area contributed by atoms with Crippen LogP contribution in [0.15, 0.2) is 48.5 Å². The maximum absolute atomic E-state index is 12.8. The number of nitrogens with one attached hydrogen (secondary N) is 2. The van der Waals surface area contributed by atoms with E-state index in [9.17, 15) is 9.59 Å². The summed E-state index contributed by atoms with van der Waals surface area (Å²) in [5, 5.41) is 6.64. The second kappa shape index (κ2) is 10.5. The van der Waals surface area contributed by atoms with Crippen molar-refractivity contribution in [1.82, 2.24) is 20.5 Å². The molecule has 1 aromatic heterocycles. The molecule has 0 aliphatic carbocycles. The molecule has 2 aliphatic rings. The monoisotopic (exact) mass is 437 g/mol. The summed E-state index contributed by atoms with van der Waals surface area (Å²) in [6.45, 7) is 5.83. The van der Waals surface area contributed by atoms with Crippen LogP contribution in [-0.2, 0) is 4.74 Å². The molecule has 3 heterocycles. The standard InChI is InChI=1S/C24H31N5O3/c1-2-32-24(31)28-14-11-19(12-15-28)26-23(30)20-9-6-10-22(27-20)29-16-13-25-21(17-29)18-7-4-3-5-8-18/h3-10,19,21,25H,2,11-17H2,1H3,(H,26,30)/t21-/m0/s1. The van der Waals surface area contributed by atoms with Crippen LogP contribution < -0.4 is 15.5 Å². The van der Waals surface area contributed by atoms with Crippen molar-refractivity contribution in [2.24, 2.45) is 0 Å². The zero-order valence-corrected chi connectivity index (χ0v) is 18.5. The number of aromatic nitrogens is 1. The lowest BCUT2D eigenvalue weighted by Crippen LogP contribution is -2.47. The molecule has 2 saturated heterocycles. The smallest absolute Gasteiger partial charge is 0.409 e. The van der Waals surface area contributed by atoms with Crippen molar-refractivity contribution in [2.45, 2.75) is 31.8 Å². The Morgan fingerprint density at radius 2 is 1.88 bits per heavy atom. The molecular weight excluding hydrogens is 406 g/mol. The van der Waals surface area contributed by atoms with Crippen LogP contribution in [0.1, 0.15) is 41.9 Å². The lowest BCUT2D eigenvalue weighted by Gasteiger charge is -2.35. The largest absolute Gasteiger partial charge is 0.450 e. The van der Waals surface area contributed by atoms with Crippen LogP contribution in [0.25, 0.3) is 0 Å². The third-order valence-corrected chi connectivity index (χ3v) is 6.02. The van der Waals surface area contributed by atoms with Gasteiger partial charge in [-0.15, -0.1) is 0 Å². The molecule has 0 radical (unpaired) electrons.